The molecule has 128 valence electrons. The molecule has 7 nitrogen and oxygen atoms in total. The largest absolute Gasteiger partial charge is 0.351 e. The highest BCUT2D eigenvalue weighted by atomic mass is 15.4. The molecule has 3 heterocycles. The second-order valence-electron chi connectivity index (χ2n) is 6.19. The van der Waals surface area contributed by atoms with E-state index in [0.29, 0.717) is 12.6 Å². The molecule has 0 amide bonds. The van der Waals surface area contributed by atoms with Crippen molar-refractivity contribution < 1.29 is 0 Å². The van der Waals surface area contributed by atoms with Crippen LogP contribution in [0.3, 0.4) is 0 Å². The van der Waals surface area contributed by atoms with E-state index in [1.165, 1.54) is 12.8 Å². The minimum absolute atomic E-state index is 0.445. The van der Waals surface area contributed by atoms with E-state index < -0.39 is 0 Å². The first kappa shape index (κ1) is 15.7. The molecule has 3 aromatic rings. The van der Waals surface area contributed by atoms with Crippen molar-refractivity contribution in [1.82, 2.24) is 30.5 Å². The molecule has 1 aromatic carbocycles. The number of para-hydroxylation sites is 1. The van der Waals surface area contributed by atoms with E-state index in [9.17, 15) is 0 Å². The van der Waals surface area contributed by atoms with Crippen molar-refractivity contribution in [3.05, 3.63) is 60.6 Å². The third-order valence-electron chi connectivity index (χ3n) is 4.48. The Morgan fingerprint density at radius 2 is 2.00 bits per heavy atom. The van der Waals surface area contributed by atoms with Crippen molar-refractivity contribution in [2.45, 2.75) is 25.4 Å². The molecule has 0 saturated carbocycles. The van der Waals surface area contributed by atoms with Gasteiger partial charge in [-0.15, -0.1) is 10.2 Å². The Hall–Kier alpha value is -2.80. The third-order valence-corrected chi connectivity index (χ3v) is 4.48. The van der Waals surface area contributed by atoms with Crippen LogP contribution in [-0.4, -0.2) is 44.3 Å². The lowest BCUT2D eigenvalue weighted by Crippen LogP contribution is -2.38. The van der Waals surface area contributed by atoms with Crippen molar-refractivity contribution in [2.24, 2.45) is 0 Å². The molecule has 25 heavy (non-hydrogen) atoms. The maximum absolute atomic E-state index is 4.25. The van der Waals surface area contributed by atoms with Gasteiger partial charge in [0, 0.05) is 31.9 Å². The molecule has 7 heteroatoms. The van der Waals surface area contributed by atoms with Gasteiger partial charge in [-0.25, -0.2) is 4.68 Å². The van der Waals surface area contributed by atoms with Gasteiger partial charge >= 0.3 is 0 Å². The van der Waals surface area contributed by atoms with Crippen LogP contribution in [0.2, 0.25) is 0 Å². The zero-order chi connectivity index (χ0) is 16.9. The van der Waals surface area contributed by atoms with Gasteiger partial charge in [-0.1, -0.05) is 23.4 Å². The van der Waals surface area contributed by atoms with Crippen LogP contribution >= 0.6 is 0 Å². The van der Waals surface area contributed by atoms with Gasteiger partial charge < -0.3 is 10.2 Å². The number of nitrogens with one attached hydrogen (secondary N) is 1. The Morgan fingerprint density at radius 3 is 2.84 bits per heavy atom. The van der Waals surface area contributed by atoms with Gasteiger partial charge in [0.25, 0.3) is 0 Å². The van der Waals surface area contributed by atoms with Crippen molar-refractivity contribution in [3.8, 4) is 5.69 Å². The molecular weight excluding hydrogens is 314 g/mol. The second kappa shape index (κ2) is 7.40. The highest BCUT2D eigenvalue weighted by molar-refractivity contribution is 5.39. The van der Waals surface area contributed by atoms with Crippen LogP contribution in [-0.2, 0) is 6.54 Å². The average Bonchev–Trinajstić information content (AvgIpc) is 3.33. The lowest BCUT2D eigenvalue weighted by Gasteiger charge is -2.25. The Bertz CT molecular complexity index is 787. The van der Waals surface area contributed by atoms with Gasteiger partial charge in [0.05, 0.1) is 17.6 Å². The van der Waals surface area contributed by atoms with Crippen molar-refractivity contribution in [1.29, 1.82) is 0 Å². The van der Waals surface area contributed by atoms with E-state index in [-0.39, 0.29) is 0 Å². The number of benzene rings is 1. The fraction of sp³-hybridized carbons (Fsp3) is 0.333. The number of hydrogen-bond acceptors (Lipinski definition) is 6. The van der Waals surface area contributed by atoms with Crippen molar-refractivity contribution in [3.63, 3.8) is 0 Å². The normalized spacial score (nSPS) is 17.1. The molecule has 4 rings (SSSR count). The zero-order valence-electron chi connectivity index (χ0n) is 14.0. The molecule has 0 spiro atoms. The predicted molar refractivity (Wildman–Crippen MR) is 95.5 cm³/mol. The monoisotopic (exact) mass is 335 g/mol. The average molecular weight is 335 g/mol. The van der Waals surface area contributed by atoms with Crippen LogP contribution in [0.25, 0.3) is 5.69 Å². The smallest absolute Gasteiger partial charge is 0.151 e. The molecule has 2 aromatic heterocycles. The molecule has 1 aliphatic heterocycles. The summed E-state index contributed by atoms with van der Waals surface area (Å²) >= 11 is 0. The van der Waals surface area contributed by atoms with Gasteiger partial charge in [-0.05, 0) is 37.1 Å². The van der Waals surface area contributed by atoms with E-state index in [2.05, 4.69) is 30.7 Å². The zero-order valence-corrected chi connectivity index (χ0v) is 14.0. The fourth-order valence-electron chi connectivity index (χ4n) is 3.25. The molecule has 0 aliphatic carbocycles. The molecule has 1 saturated heterocycles. The summed E-state index contributed by atoms with van der Waals surface area (Å²) in [6, 6.07) is 14.4. The van der Waals surface area contributed by atoms with E-state index in [1.807, 2.05) is 48.7 Å². The standard InChI is InChI=1S/C18H21N7/c1-2-6-16(7-3-1)25-14-15(21-23-25)12-19-13-17-8-5-11-24(17)18-9-4-10-20-22-18/h1-4,6-7,9-10,14,17,19H,5,8,11-13H2. The number of anilines is 1. The van der Waals surface area contributed by atoms with E-state index in [0.717, 1.165) is 30.3 Å². The van der Waals surface area contributed by atoms with E-state index in [4.69, 9.17) is 0 Å². The van der Waals surface area contributed by atoms with Gasteiger partial charge in [-0.2, -0.15) is 5.10 Å². The van der Waals surface area contributed by atoms with Gasteiger partial charge in [-0.3, -0.25) is 0 Å². The summed E-state index contributed by atoms with van der Waals surface area (Å²) in [5.74, 6) is 0.960. The Morgan fingerprint density at radius 1 is 1.08 bits per heavy atom. The molecule has 1 aliphatic rings. The van der Waals surface area contributed by atoms with E-state index in [1.54, 1.807) is 10.9 Å². The molecular formula is C18H21N7. The Kier molecular flexibility index (Phi) is 4.65. The number of hydrogen-bond donors (Lipinski definition) is 1. The predicted octanol–water partition coefficient (Wildman–Crippen LogP) is 1.82. The molecule has 1 atom stereocenters. The number of nitrogens with zero attached hydrogens (tertiary/aromatic N) is 6. The van der Waals surface area contributed by atoms with Gasteiger partial charge in [0.2, 0.25) is 0 Å². The highest BCUT2D eigenvalue weighted by Gasteiger charge is 2.25. The Labute approximate surface area is 146 Å². The summed E-state index contributed by atoms with van der Waals surface area (Å²) in [5.41, 5.74) is 1.96. The van der Waals surface area contributed by atoms with Gasteiger partial charge in [0.1, 0.15) is 0 Å². The van der Waals surface area contributed by atoms with Crippen LogP contribution in [0.5, 0.6) is 0 Å². The molecule has 0 bridgehead atoms. The van der Waals surface area contributed by atoms with Gasteiger partial charge in [0.15, 0.2) is 5.82 Å². The van der Waals surface area contributed by atoms with Crippen molar-refractivity contribution >= 4 is 5.82 Å². The minimum Gasteiger partial charge on any atom is -0.351 e. The summed E-state index contributed by atoms with van der Waals surface area (Å²) in [5, 5.41) is 20.2. The van der Waals surface area contributed by atoms with Crippen LogP contribution in [0.15, 0.2) is 54.9 Å². The highest BCUT2D eigenvalue weighted by Crippen LogP contribution is 2.22. The number of rotatable bonds is 6. The third kappa shape index (κ3) is 3.66. The minimum atomic E-state index is 0.445. The topological polar surface area (TPSA) is 71.8 Å². The molecule has 1 unspecified atom stereocenters. The number of aromatic nitrogens is 5. The molecule has 1 fully saturated rings. The van der Waals surface area contributed by atoms with Crippen LogP contribution < -0.4 is 10.2 Å². The first-order valence-corrected chi connectivity index (χ1v) is 8.62. The summed E-state index contributed by atoms with van der Waals surface area (Å²) in [6.45, 7) is 2.64. The lowest BCUT2D eigenvalue weighted by atomic mass is 10.2. The van der Waals surface area contributed by atoms with Crippen LogP contribution in [0, 0.1) is 0 Å². The summed E-state index contributed by atoms with van der Waals surface area (Å²) < 4.78 is 1.80. The quantitative estimate of drug-likeness (QED) is 0.741. The maximum atomic E-state index is 4.25. The van der Waals surface area contributed by atoms with Crippen LogP contribution in [0.4, 0.5) is 5.82 Å². The maximum Gasteiger partial charge on any atom is 0.151 e. The second-order valence-corrected chi connectivity index (χ2v) is 6.19. The summed E-state index contributed by atoms with van der Waals surface area (Å²) in [4.78, 5) is 2.33. The van der Waals surface area contributed by atoms with Crippen LogP contribution in [0.1, 0.15) is 18.5 Å². The fourth-order valence-corrected chi connectivity index (χ4v) is 3.25. The Balaban J connectivity index is 1.33. The van der Waals surface area contributed by atoms with E-state index >= 15 is 0 Å². The summed E-state index contributed by atoms with van der Waals surface area (Å²) in [7, 11) is 0. The summed E-state index contributed by atoms with van der Waals surface area (Å²) in [6.07, 6.45) is 6.04. The lowest BCUT2D eigenvalue weighted by molar-refractivity contribution is 0.565. The molecule has 0 radical (unpaired) electrons. The first-order chi connectivity index (χ1) is 12.4. The molecule has 1 N–H and O–H groups in total. The SMILES string of the molecule is c1ccc(-n2cc(CNCC3CCCN3c3cccnn3)nn2)cc1. The van der Waals surface area contributed by atoms with Crippen molar-refractivity contribution in [2.75, 3.05) is 18.0 Å². The first-order valence-electron chi connectivity index (χ1n) is 8.62.